The van der Waals surface area contributed by atoms with E-state index in [1.54, 1.807) is 6.07 Å². The molecule has 0 saturated carbocycles. The van der Waals surface area contributed by atoms with Crippen molar-refractivity contribution in [3.8, 4) is 0 Å². The van der Waals surface area contributed by atoms with Gasteiger partial charge in [0.2, 0.25) is 0 Å². The van der Waals surface area contributed by atoms with E-state index in [2.05, 4.69) is 9.88 Å². The molecule has 3 aromatic carbocycles. The Bertz CT molecular complexity index is 1170. The van der Waals surface area contributed by atoms with Crippen LogP contribution in [0.25, 0.3) is 11.0 Å². The highest BCUT2D eigenvalue weighted by atomic mass is 35.5. The molecule has 154 valence electrons. The Morgan fingerprint density at radius 2 is 1.63 bits per heavy atom. The van der Waals surface area contributed by atoms with Crippen LogP contribution in [-0.2, 0) is 25.8 Å². The fourth-order valence-electron chi connectivity index (χ4n) is 3.43. The second-order valence-corrected chi connectivity index (χ2v) is 7.47. The smallest absolute Gasteiger partial charge is 0.322 e. The molecule has 0 aliphatic carbocycles. The molecule has 4 rings (SSSR count). The molecule has 0 aliphatic heterocycles. The quantitative estimate of drug-likeness (QED) is 0.404. The number of hydrogen-bond acceptors (Lipinski definition) is 2. The van der Waals surface area contributed by atoms with E-state index in [1.807, 2.05) is 48.5 Å². The summed E-state index contributed by atoms with van der Waals surface area (Å²) in [6.45, 7) is 1.33. The highest BCUT2D eigenvalue weighted by Gasteiger charge is 2.30. The van der Waals surface area contributed by atoms with Gasteiger partial charge in [-0.05, 0) is 41.5 Å². The zero-order valence-electron chi connectivity index (χ0n) is 16.0. The molecule has 0 atom stereocenters. The first-order chi connectivity index (χ1) is 14.4. The largest absolute Gasteiger partial charge is 0.416 e. The van der Waals surface area contributed by atoms with Crippen LogP contribution in [-0.4, -0.2) is 9.55 Å². The fraction of sp³-hybridized carbons (Fsp3) is 0.174. The summed E-state index contributed by atoms with van der Waals surface area (Å²) in [6.07, 6.45) is -4.35. The summed E-state index contributed by atoms with van der Waals surface area (Å²) in [5.41, 5.74) is 2.84. The lowest BCUT2D eigenvalue weighted by Crippen LogP contribution is -2.17. The van der Waals surface area contributed by atoms with E-state index in [4.69, 9.17) is 16.6 Å². The van der Waals surface area contributed by atoms with E-state index >= 15 is 0 Å². The summed E-state index contributed by atoms with van der Waals surface area (Å²) in [4.78, 5) is 4.71. The predicted molar refractivity (Wildman–Crippen MR) is 112 cm³/mol. The molecule has 0 saturated heterocycles. The van der Waals surface area contributed by atoms with Crippen LogP contribution in [0.3, 0.4) is 0 Å². The van der Waals surface area contributed by atoms with Crippen molar-refractivity contribution in [2.45, 2.75) is 25.8 Å². The van der Waals surface area contributed by atoms with Crippen molar-refractivity contribution in [1.29, 1.82) is 0 Å². The molecule has 0 radical (unpaired) electrons. The standard InChI is InChI=1S/C23H19ClF3N3/c24-19-8-4-6-17(12-19)15-30-21-10-2-1-9-20(21)29-22(30)14-28-13-16-5-3-7-18(11-16)23(25,26)27/h1-12,28H,13-15H2. The minimum atomic E-state index is -4.35. The van der Waals surface area contributed by atoms with E-state index in [1.165, 1.54) is 12.1 Å². The van der Waals surface area contributed by atoms with Crippen molar-refractivity contribution in [3.05, 3.63) is 100 Å². The first-order valence-corrected chi connectivity index (χ1v) is 9.83. The second-order valence-electron chi connectivity index (χ2n) is 7.03. The van der Waals surface area contributed by atoms with Crippen LogP contribution < -0.4 is 5.32 Å². The molecule has 1 N–H and O–H groups in total. The molecule has 0 amide bonds. The zero-order valence-corrected chi connectivity index (χ0v) is 16.7. The first kappa shape index (κ1) is 20.4. The number of halogens is 4. The normalized spacial score (nSPS) is 11.9. The predicted octanol–water partition coefficient (Wildman–Crippen LogP) is 6.05. The van der Waals surface area contributed by atoms with Crippen molar-refractivity contribution in [1.82, 2.24) is 14.9 Å². The molecule has 7 heteroatoms. The third kappa shape index (κ3) is 4.66. The van der Waals surface area contributed by atoms with Crippen molar-refractivity contribution in [2.24, 2.45) is 0 Å². The summed E-state index contributed by atoms with van der Waals surface area (Å²) < 4.78 is 40.9. The maximum absolute atomic E-state index is 12.9. The SMILES string of the molecule is FC(F)(F)c1cccc(CNCc2nc3ccccc3n2Cc2cccc(Cl)c2)c1. The van der Waals surface area contributed by atoms with Gasteiger partial charge < -0.3 is 9.88 Å². The van der Waals surface area contributed by atoms with Gasteiger partial charge in [-0.2, -0.15) is 13.2 Å². The van der Waals surface area contributed by atoms with Gasteiger partial charge in [0.15, 0.2) is 0 Å². The lowest BCUT2D eigenvalue weighted by molar-refractivity contribution is -0.137. The molecule has 4 aromatic rings. The molecule has 0 aliphatic rings. The Balaban J connectivity index is 1.54. The van der Waals surface area contributed by atoms with Gasteiger partial charge >= 0.3 is 6.18 Å². The van der Waals surface area contributed by atoms with Crippen LogP contribution in [0.5, 0.6) is 0 Å². The monoisotopic (exact) mass is 429 g/mol. The highest BCUT2D eigenvalue weighted by molar-refractivity contribution is 6.30. The second kappa shape index (κ2) is 8.50. The third-order valence-corrected chi connectivity index (χ3v) is 5.06. The fourth-order valence-corrected chi connectivity index (χ4v) is 3.64. The summed E-state index contributed by atoms with van der Waals surface area (Å²) >= 11 is 6.12. The average Bonchev–Trinajstić information content (AvgIpc) is 3.05. The Morgan fingerprint density at radius 3 is 2.43 bits per heavy atom. The molecular formula is C23H19ClF3N3. The lowest BCUT2D eigenvalue weighted by atomic mass is 10.1. The number of nitrogens with zero attached hydrogens (tertiary/aromatic N) is 2. The van der Waals surface area contributed by atoms with Gasteiger partial charge in [0.1, 0.15) is 5.82 Å². The number of rotatable bonds is 6. The van der Waals surface area contributed by atoms with Crippen molar-refractivity contribution >= 4 is 22.6 Å². The number of fused-ring (bicyclic) bond motifs is 1. The van der Waals surface area contributed by atoms with Gasteiger partial charge in [-0.3, -0.25) is 0 Å². The van der Waals surface area contributed by atoms with Gasteiger partial charge in [-0.25, -0.2) is 4.98 Å². The van der Waals surface area contributed by atoms with Crippen LogP contribution in [0, 0.1) is 0 Å². The molecule has 1 heterocycles. The van der Waals surface area contributed by atoms with E-state index < -0.39 is 11.7 Å². The van der Waals surface area contributed by atoms with E-state index in [9.17, 15) is 13.2 Å². The highest BCUT2D eigenvalue weighted by Crippen LogP contribution is 2.29. The van der Waals surface area contributed by atoms with Gasteiger partial charge in [0.05, 0.1) is 23.1 Å². The van der Waals surface area contributed by atoms with Gasteiger partial charge in [-0.15, -0.1) is 0 Å². The van der Waals surface area contributed by atoms with Crippen molar-refractivity contribution in [3.63, 3.8) is 0 Å². The first-order valence-electron chi connectivity index (χ1n) is 9.45. The number of alkyl halides is 3. The molecule has 0 bridgehead atoms. The van der Waals surface area contributed by atoms with Crippen LogP contribution in [0.4, 0.5) is 13.2 Å². The maximum atomic E-state index is 12.9. The Kier molecular flexibility index (Phi) is 5.79. The van der Waals surface area contributed by atoms with Gasteiger partial charge in [-0.1, -0.05) is 54.1 Å². The summed E-state index contributed by atoms with van der Waals surface area (Å²) in [6, 6.07) is 20.8. The van der Waals surface area contributed by atoms with E-state index in [0.29, 0.717) is 30.2 Å². The minimum absolute atomic E-state index is 0.310. The van der Waals surface area contributed by atoms with Crippen LogP contribution >= 0.6 is 11.6 Å². The molecule has 1 aromatic heterocycles. The van der Waals surface area contributed by atoms with Crippen LogP contribution in [0.15, 0.2) is 72.8 Å². The Labute approximate surface area is 177 Å². The lowest BCUT2D eigenvalue weighted by Gasteiger charge is -2.12. The third-order valence-electron chi connectivity index (χ3n) is 4.83. The number of benzene rings is 3. The summed E-state index contributed by atoms with van der Waals surface area (Å²) in [5.74, 6) is 0.808. The zero-order chi connectivity index (χ0) is 21.1. The number of para-hydroxylation sites is 2. The molecule has 30 heavy (non-hydrogen) atoms. The Hall–Kier alpha value is -2.83. The van der Waals surface area contributed by atoms with Crippen molar-refractivity contribution in [2.75, 3.05) is 0 Å². The number of hydrogen-bond donors (Lipinski definition) is 1. The number of imidazole rings is 1. The van der Waals surface area contributed by atoms with Crippen LogP contribution in [0.1, 0.15) is 22.5 Å². The molecule has 0 spiro atoms. The van der Waals surface area contributed by atoms with Crippen molar-refractivity contribution < 1.29 is 13.2 Å². The van der Waals surface area contributed by atoms with E-state index in [-0.39, 0.29) is 0 Å². The van der Waals surface area contributed by atoms with Crippen LogP contribution in [0.2, 0.25) is 5.02 Å². The number of nitrogens with one attached hydrogen (secondary N) is 1. The summed E-state index contributed by atoms with van der Waals surface area (Å²) in [7, 11) is 0. The number of aromatic nitrogens is 2. The molecule has 0 unspecified atom stereocenters. The topological polar surface area (TPSA) is 29.9 Å². The molecular weight excluding hydrogens is 411 g/mol. The summed E-state index contributed by atoms with van der Waals surface area (Å²) in [5, 5.41) is 3.89. The average molecular weight is 430 g/mol. The molecule has 3 nitrogen and oxygen atoms in total. The van der Waals surface area contributed by atoms with Gasteiger partial charge in [0.25, 0.3) is 0 Å². The molecule has 0 fully saturated rings. The van der Waals surface area contributed by atoms with Gasteiger partial charge in [0, 0.05) is 18.1 Å². The maximum Gasteiger partial charge on any atom is 0.416 e. The van der Waals surface area contributed by atoms with E-state index in [0.717, 1.165) is 28.5 Å². The Morgan fingerprint density at radius 1 is 0.867 bits per heavy atom. The minimum Gasteiger partial charge on any atom is -0.322 e.